The van der Waals surface area contributed by atoms with Gasteiger partial charge in [-0.05, 0) is 35.3 Å². The molecule has 0 bridgehead atoms. The standard InChI is InChI=1S/C18H21NO4/c1-21-15-7-11-6-12-9-23-10-14(12)18(13(11)8-16(15)22-2)19-5-3-4-17(19)20/h6-8,14,18H,3-5,9-10H2,1-2H3/t14-,18-/m1/s1. The summed E-state index contributed by atoms with van der Waals surface area (Å²) in [6.45, 7) is 2.14. The second-order valence-corrected chi connectivity index (χ2v) is 6.31. The van der Waals surface area contributed by atoms with Gasteiger partial charge in [0.1, 0.15) is 0 Å². The number of carbonyl (C=O) groups excluding carboxylic acids is 1. The largest absolute Gasteiger partial charge is 0.493 e. The van der Waals surface area contributed by atoms with Crippen LogP contribution in [0.15, 0.2) is 17.7 Å². The minimum atomic E-state index is 0.0438. The molecule has 4 rings (SSSR count). The number of carbonyl (C=O) groups is 1. The highest BCUT2D eigenvalue weighted by molar-refractivity contribution is 5.80. The Morgan fingerprint density at radius 2 is 2.00 bits per heavy atom. The number of hydrogen-bond donors (Lipinski definition) is 0. The molecule has 0 spiro atoms. The van der Waals surface area contributed by atoms with E-state index >= 15 is 0 Å². The first-order valence-corrected chi connectivity index (χ1v) is 8.06. The molecule has 1 aromatic rings. The van der Waals surface area contributed by atoms with E-state index in [0.717, 1.165) is 24.1 Å². The molecule has 5 heteroatoms. The van der Waals surface area contributed by atoms with E-state index in [1.807, 2.05) is 17.0 Å². The average Bonchev–Trinajstić information content (AvgIpc) is 3.20. The van der Waals surface area contributed by atoms with Gasteiger partial charge < -0.3 is 19.1 Å². The summed E-state index contributed by atoms with van der Waals surface area (Å²) in [5, 5.41) is 0. The number of hydrogen-bond acceptors (Lipinski definition) is 4. The van der Waals surface area contributed by atoms with Gasteiger partial charge in [0.2, 0.25) is 5.91 Å². The van der Waals surface area contributed by atoms with Crippen LogP contribution in [0.25, 0.3) is 6.08 Å². The molecular weight excluding hydrogens is 294 g/mol. The van der Waals surface area contributed by atoms with E-state index in [1.165, 1.54) is 5.57 Å². The molecule has 0 radical (unpaired) electrons. The summed E-state index contributed by atoms with van der Waals surface area (Å²) in [6.07, 6.45) is 3.77. The van der Waals surface area contributed by atoms with Gasteiger partial charge in [0.25, 0.3) is 0 Å². The van der Waals surface area contributed by atoms with Crippen molar-refractivity contribution in [3.8, 4) is 11.5 Å². The number of methoxy groups -OCH3 is 2. The molecule has 2 saturated heterocycles. The van der Waals surface area contributed by atoms with Gasteiger partial charge in [-0.15, -0.1) is 0 Å². The smallest absolute Gasteiger partial charge is 0.223 e. The van der Waals surface area contributed by atoms with Gasteiger partial charge in [0.05, 0.1) is 33.5 Å². The monoisotopic (exact) mass is 315 g/mol. The Morgan fingerprint density at radius 1 is 1.22 bits per heavy atom. The molecule has 0 N–H and O–H groups in total. The van der Waals surface area contributed by atoms with Gasteiger partial charge in [0, 0.05) is 18.9 Å². The molecule has 2 fully saturated rings. The molecular formula is C18H21NO4. The lowest BCUT2D eigenvalue weighted by Gasteiger charge is -2.37. The number of fused-ring (bicyclic) bond motifs is 2. The Hall–Kier alpha value is -2.01. The predicted molar refractivity (Wildman–Crippen MR) is 85.5 cm³/mol. The highest BCUT2D eigenvalue weighted by Crippen LogP contribution is 2.47. The van der Waals surface area contributed by atoms with Crippen LogP contribution in [0.5, 0.6) is 11.5 Å². The zero-order valence-electron chi connectivity index (χ0n) is 13.5. The van der Waals surface area contributed by atoms with Crippen molar-refractivity contribution >= 4 is 12.0 Å². The molecule has 0 unspecified atom stereocenters. The summed E-state index contributed by atoms with van der Waals surface area (Å²) in [5.74, 6) is 1.91. The van der Waals surface area contributed by atoms with Crippen LogP contribution in [-0.4, -0.2) is 44.8 Å². The Labute approximate surface area is 135 Å². The van der Waals surface area contributed by atoms with Crippen molar-refractivity contribution in [2.24, 2.45) is 5.92 Å². The maximum absolute atomic E-state index is 12.4. The van der Waals surface area contributed by atoms with Crippen molar-refractivity contribution in [2.75, 3.05) is 34.0 Å². The lowest BCUT2D eigenvalue weighted by atomic mass is 9.80. The fourth-order valence-electron chi connectivity index (χ4n) is 4.02. The average molecular weight is 315 g/mol. The van der Waals surface area contributed by atoms with Gasteiger partial charge in [0.15, 0.2) is 11.5 Å². The minimum Gasteiger partial charge on any atom is -0.493 e. The Bertz CT molecular complexity index is 682. The first-order chi connectivity index (χ1) is 11.2. The minimum absolute atomic E-state index is 0.0438. The van der Waals surface area contributed by atoms with E-state index in [4.69, 9.17) is 14.2 Å². The summed E-state index contributed by atoms with van der Waals surface area (Å²) < 4.78 is 16.6. The molecule has 2 atom stereocenters. The number of ether oxygens (including phenoxy) is 3. The van der Waals surface area contributed by atoms with Gasteiger partial charge in [-0.1, -0.05) is 6.08 Å². The van der Waals surface area contributed by atoms with Crippen molar-refractivity contribution in [3.63, 3.8) is 0 Å². The third-order valence-electron chi connectivity index (χ3n) is 5.12. The van der Waals surface area contributed by atoms with Gasteiger partial charge in [-0.25, -0.2) is 0 Å². The highest BCUT2D eigenvalue weighted by atomic mass is 16.5. The molecule has 1 amide bonds. The number of likely N-dealkylation sites (tertiary alicyclic amines) is 1. The van der Waals surface area contributed by atoms with Crippen LogP contribution in [0.1, 0.15) is 30.0 Å². The van der Waals surface area contributed by atoms with E-state index in [9.17, 15) is 4.79 Å². The van der Waals surface area contributed by atoms with Crippen LogP contribution in [0.2, 0.25) is 0 Å². The molecule has 0 saturated carbocycles. The van der Waals surface area contributed by atoms with Crippen molar-refractivity contribution in [1.82, 2.24) is 4.90 Å². The summed E-state index contributed by atoms with van der Waals surface area (Å²) in [6, 6.07) is 4.07. The second-order valence-electron chi connectivity index (χ2n) is 6.31. The van der Waals surface area contributed by atoms with E-state index in [1.54, 1.807) is 14.2 Å². The molecule has 1 aromatic carbocycles. The Morgan fingerprint density at radius 3 is 2.70 bits per heavy atom. The topological polar surface area (TPSA) is 48.0 Å². The van der Waals surface area contributed by atoms with Crippen molar-refractivity contribution in [1.29, 1.82) is 0 Å². The summed E-state index contributed by atoms with van der Waals surface area (Å²) in [5.41, 5.74) is 3.51. The highest BCUT2D eigenvalue weighted by Gasteiger charge is 2.42. The van der Waals surface area contributed by atoms with Crippen LogP contribution in [0, 0.1) is 5.92 Å². The van der Waals surface area contributed by atoms with Gasteiger partial charge in [-0.3, -0.25) is 4.79 Å². The molecule has 0 aromatic heterocycles. The summed E-state index contributed by atoms with van der Waals surface area (Å²) in [7, 11) is 3.28. The van der Waals surface area contributed by atoms with E-state index in [0.29, 0.717) is 31.1 Å². The maximum Gasteiger partial charge on any atom is 0.223 e. The molecule has 3 aliphatic rings. The molecule has 23 heavy (non-hydrogen) atoms. The SMILES string of the molecule is COc1cc2c(cc1OC)[C@@H](N1CCCC1=O)[C@@H]1COCC1=C2. The molecule has 2 heterocycles. The third-order valence-corrected chi connectivity index (χ3v) is 5.12. The van der Waals surface area contributed by atoms with Crippen molar-refractivity contribution in [3.05, 3.63) is 28.8 Å². The summed E-state index contributed by atoms with van der Waals surface area (Å²) >= 11 is 0. The first-order valence-electron chi connectivity index (χ1n) is 8.06. The van der Waals surface area contributed by atoms with E-state index in [2.05, 4.69) is 6.08 Å². The second kappa shape index (κ2) is 5.57. The fourth-order valence-corrected chi connectivity index (χ4v) is 4.02. The predicted octanol–water partition coefficient (Wildman–Crippen LogP) is 2.41. The Kier molecular flexibility index (Phi) is 3.53. The number of benzene rings is 1. The number of rotatable bonds is 3. The molecule has 1 aliphatic carbocycles. The van der Waals surface area contributed by atoms with E-state index < -0.39 is 0 Å². The normalized spacial score (nSPS) is 25.9. The number of amides is 1. The molecule has 2 aliphatic heterocycles. The number of nitrogens with zero attached hydrogens (tertiary/aromatic N) is 1. The fraction of sp³-hybridized carbons (Fsp3) is 0.500. The zero-order chi connectivity index (χ0) is 16.0. The van der Waals surface area contributed by atoms with Crippen LogP contribution < -0.4 is 9.47 Å². The van der Waals surface area contributed by atoms with Crippen LogP contribution in [-0.2, 0) is 9.53 Å². The lowest BCUT2D eigenvalue weighted by molar-refractivity contribution is -0.130. The van der Waals surface area contributed by atoms with Crippen LogP contribution in [0.4, 0.5) is 0 Å². The lowest BCUT2D eigenvalue weighted by Crippen LogP contribution is -2.37. The first kappa shape index (κ1) is 14.6. The van der Waals surface area contributed by atoms with Gasteiger partial charge >= 0.3 is 0 Å². The van der Waals surface area contributed by atoms with E-state index in [-0.39, 0.29) is 17.9 Å². The Balaban J connectivity index is 1.86. The molecule has 122 valence electrons. The zero-order valence-corrected chi connectivity index (χ0v) is 13.5. The molecule has 5 nitrogen and oxygen atoms in total. The van der Waals surface area contributed by atoms with Crippen LogP contribution >= 0.6 is 0 Å². The van der Waals surface area contributed by atoms with Crippen molar-refractivity contribution < 1.29 is 19.0 Å². The van der Waals surface area contributed by atoms with Gasteiger partial charge in [-0.2, -0.15) is 0 Å². The summed E-state index contributed by atoms with van der Waals surface area (Å²) in [4.78, 5) is 14.4. The maximum atomic E-state index is 12.4. The van der Waals surface area contributed by atoms with Crippen molar-refractivity contribution in [2.45, 2.75) is 18.9 Å². The van der Waals surface area contributed by atoms with Crippen LogP contribution in [0.3, 0.4) is 0 Å². The third kappa shape index (κ3) is 2.22. The quantitative estimate of drug-likeness (QED) is 0.859.